The largest absolute Gasteiger partial charge is 0.398 e. The molecule has 0 saturated heterocycles. The van der Waals surface area contributed by atoms with Crippen molar-refractivity contribution in [2.45, 2.75) is 38.1 Å². The molecule has 0 fully saturated rings. The Labute approximate surface area is 132 Å². The lowest BCUT2D eigenvalue weighted by Crippen LogP contribution is -2.37. The van der Waals surface area contributed by atoms with Gasteiger partial charge in [-0.3, -0.25) is 0 Å². The van der Waals surface area contributed by atoms with Crippen LogP contribution < -0.4 is 10.5 Å². The molecule has 0 aliphatic heterocycles. The third-order valence-corrected chi connectivity index (χ3v) is 5.56. The van der Waals surface area contributed by atoms with Gasteiger partial charge in [-0.2, -0.15) is 0 Å². The molecule has 0 amide bonds. The summed E-state index contributed by atoms with van der Waals surface area (Å²) in [7, 11) is -1.63. The van der Waals surface area contributed by atoms with Gasteiger partial charge in [0, 0.05) is 29.8 Å². The quantitative estimate of drug-likeness (QED) is 0.750. The Kier molecular flexibility index (Phi) is 6.46. The number of nitrogens with two attached hydrogens (primary N) is 1. The first-order valence-corrected chi connectivity index (χ1v) is 8.80. The summed E-state index contributed by atoms with van der Waals surface area (Å²) in [4.78, 5) is 2.25. The molecule has 120 valence electrons. The van der Waals surface area contributed by atoms with Crippen LogP contribution in [0.2, 0.25) is 5.02 Å². The summed E-state index contributed by atoms with van der Waals surface area (Å²) in [6.07, 6.45) is 1.02. The number of hydrogen-bond acceptors (Lipinski definition) is 4. The van der Waals surface area contributed by atoms with Crippen molar-refractivity contribution in [1.29, 1.82) is 0 Å². The summed E-state index contributed by atoms with van der Waals surface area (Å²) in [6.45, 7) is 6.86. The number of halogens is 1. The predicted octanol–water partition coefficient (Wildman–Crippen LogP) is 2.24. The van der Waals surface area contributed by atoms with E-state index in [1.165, 1.54) is 6.07 Å². The molecule has 7 heteroatoms. The molecule has 1 aromatic carbocycles. The molecule has 1 atom stereocenters. The van der Waals surface area contributed by atoms with Crippen LogP contribution in [0.3, 0.4) is 0 Å². The number of rotatable bonds is 7. The molecule has 0 heterocycles. The maximum atomic E-state index is 12.3. The van der Waals surface area contributed by atoms with Crippen molar-refractivity contribution < 1.29 is 8.42 Å². The Balaban J connectivity index is 2.79. The highest BCUT2D eigenvalue weighted by Gasteiger charge is 2.19. The fraction of sp³-hybridized carbons (Fsp3) is 0.571. The highest BCUT2D eigenvalue weighted by atomic mass is 35.5. The fourth-order valence-corrected chi connectivity index (χ4v) is 3.53. The van der Waals surface area contributed by atoms with Gasteiger partial charge in [0.2, 0.25) is 10.0 Å². The van der Waals surface area contributed by atoms with Gasteiger partial charge in [-0.1, -0.05) is 18.5 Å². The fourth-order valence-electron chi connectivity index (χ4n) is 1.92. The first kappa shape index (κ1) is 18.2. The van der Waals surface area contributed by atoms with E-state index in [0.29, 0.717) is 35.4 Å². The van der Waals surface area contributed by atoms with E-state index in [9.17, 15) is 8.42 Å². The van der Waals surface area contributed by atoms with Crippen molar-refractivity contribution >= 4 is 27.3 Å². The molecule has 0 saturated carbocycles. The van der Waals surface area contributed by atoms with E-state index < -0.39 is 10.0 Å². The van der Waals surface area contributed by atoms with Gasteiger partial charge in [0.1, 0.15) is 0 Å². The van der Waals surface area contributed by atoms with Crippen LogP contribution in [-0.2, 0) is 10.0 Å². The Morgan fingerprint density at radius 2 is 2.05 bits per heavy atom. The Bertz CT molecular complexity index is 590. The molecular formula is C14H24ClN3O2S. The molecule has 0 bridgehead atoms. The van der Waals surface area contributed by atoms with Gasteiger partial charge in [-0.25, -0.2) is 13.1 Å². The SMILES string of the molecule is CCC(C)N(C)CCNS(=O)(=O)c1cc(Cl)cc(N)c1C. The summed E-state index contributed by atoms with van der Waals surface area (Å²) >= 11 is 5.89. The standard InChI is InChI=1S/C14H24ClN3O2S/c1-5-10(2)18(4)7-6-17-21(19,20)14-9-12(15)8-13(16)11(14)3/h8-10,17H,5-7,16H2,1-4H3. The molecule has 0 spiro atoms. The maximum absolute atomic E-state index is 12.3. The molecule has 0 aliphatic carbocycles. The van der Waals surface area contributed by atoms with Gasteiger partial charge in [0.25, 0.3) is 0 Å². The van der Waals surface area contributed by atoms with Gasteiger partial charge in [-0.05, 0) is 45.0 Å². The monoisotopic (exact) mass is 333 g/mol. The molecule has 5 nitrogen and oxygen atoms in total. The minimum atomic E-state index is -3.61. The third-order valence-electron chi connectivity index (χ3n) is 3.75. The van der Waals surface area contributed by atoms with E-state index in [2.05, 4.69) is 23.5 Å². The van der Waals surface area contributed by atoms with Gasteiger partial charge >= 0.3 is 0 Å². The van der Waals surface area contributed by atoms with Crippen molar-refractivity contribution in [2.75, 3.05) is 25.9 Å². The zero-order chi connectivity index (χ0) is 16.2. The molecule has 0 radical (unpaired) electrons. The molecular weight excluding hydrogens is 310 g/mol. The van der Waals surface area contributed by atoms with Crippen LogP contribution in [0.4, 0.5) is 5.69 Å². The Morgan fingerprint density at radius 1 is 1.43 bits per heavy atom. The van der Waals surface area contributed by atoms with Gasteiger partial charge < -0.3 is 10.6 Å². The normalized spacial score (nSPS) is 13.6. The zero-order valence-corrected chi connectivity index (χ0v) is 14.6. The lowest BCUT2D eigenvalue weighted by Gasteiger charge is -2.23. The molecule has 1 aromatic rings. The van der Waals surface area contributed by atoms with E-state index >= 15 is 0 Å². The summed E-state index contributed by atoms with van der Waals surface area (Å²) in [6, 6.07) is 3.39. The average Bonchev–Trinajstić information content (AvgIpc) is 2.41. The van der Waals surface area contributed by atoms with Crippen LogP contribution in [0.5, 0.6) is 0 Å². The van der Waals surface area contributed by atoms with Gasteiger partial charge in [0.15, 0.2) is 0 Å². The van der Waals surface area contributed by atoms with Gasteiger partial charge in [-0.15, -0.1) is 0 Å². The number of sulfonamides is 1. The number of likely N-dealkylation sites (N-methyl/N-ethyl adjacent to an activating group) is 1. The predicted molar refractivity (Wildman–Crippen MR) is 88.2 cm³/mol. The lowest BCUT2D eigenvalue weighted by atomic mass is 10.2. The third kappa shape index (κ3) is 4.85. The second-order valence-corrected chi connectivity index (χ2v) is 7.43. The number of nitrogens with zero attached hydrogens (tertiary/aromatic N) is 1. The van der Waals surface area contributed by atoms with Crippen LogP contribution in [0, 0.1) is 6.92 Å². The Morgan fingerprint density at radius 3 is 2.62 bits per heavy atom. The molecule has 1 rings (SSSR count). The summed E-state index contributed by atoms with van der Waals surface area (Å²) in [5.74, 6) is 0. The minimum absolute atomic E-state index is 0.138. The van der Waals surface area contributed by atoms with E-state index in [1.54, 1.807) is 13.0 Å². The lowest BCUT2D eigenvalue weighted by molar-refractivity contribution is 0.256. The first-order chi connectivity index (χ1) is 9.69. The molecule has 3 N–H and O–H groups in total. The maximum Gasteiger partial charge on any atom is 0.241 e. The smallest absolute Gasteiger partial charge is 0.241 e. The highest BCUT2D eigenvalue weighted by molar-refractivity contribution is 7.89. The van der Waals surface area contributed by atoms with Crippen LogP contribution >= 0.6 is 11.6 Å². The number of hydrogen-bond donors (Lipinski definition) is 2. The van der Waals surface area contributed by atoms with Crippen LogP contribution in [0.15, 0.2) is 17.0 Å². The summed E-state index contributed by atoms with van der Waals surface area (Å²) in [5.41, 5.74) is 6.66. The van der Waals surface area contributed by atoms with E-state index in [-0.39, 0.29) is 4.90 Å². The van der Waals surface area contributed by atoms with Crippen molar-refractivity contribution in [1.82, 2.24) is 9.62 Å². The van der Waals surface area contributed by atoms with Crippen molar-refractivity contribution in [2.24, 2.45) is 0 Å². The average molecular weight is 334 g/mol. The topological polar surface area (TPSA) is 75.4 Å². The number of nitrogens with one attached hydrogen (secondary N) is 1. The first-order valence-electron chi connectivity index (χ1n) is 6.94. The number of anilines is 1. The van der Waals surface area contributed by atoms with Gasteiger partial charge in [0.05, 0.1) is 4.90 Å². The number of nitrogen functional groups attached to an aromatic ring is 1. The van der Waals surface area contributed by atoms with Crippen LogP contribution in [0.25, 0.3) is 0 Å². The summed E-state index contributed by atoms with van der Waals surface area (Å²) in [5, 5.41) is 0.315. The molecule has 1 unspecified atom stereocenters. The van der Waals surface area contributed by atoms with Crippen molar-refractivity contribution in [3.8, 4) is 0 Å². The summed E-state index contributed by atoms with van der Waals surface area (Å²) < 4.78 is 27.3. The number of benzene rings is 1. The second kappa shape index (κ2) is 7.45. The molecule has 0 aromatic heterocycles. The van der Waals surface area contributed by atoms with Crippen molar-refractivity contribution in [3.63, 3.8) is 0 Å². The zero-order valence-electron chi connectivity index (χ0n) is 13.0. The minimum Gasteiger partial charge on any atom is -0.398 e. The van der Waals surface area contributed by atoms with E-state index in [4.69, 9.17) is 17.3 Å². The highest BCUT2D eigenvalue weighted by Crippen LogP contribution is 2.25. The molecule has 0 aliphatic rings. The van der Waals surface area contributed by atoms with Crippen LogP contribution in [-0.4, -0.2) is 39.5 Å². The molecule has 21 heavy (non-hydrogen) atoms. The Hall–Kier alpha value is -0.820. The van der Waals surface area contributed by atoms with Crippen molar-refractivity contribution in [3.05, 3.63) is 22.7 Å². The van der Waals surface area contributed by atoms with E-state index in [1.807, 2.05) is 7.05 Å². The van der Waals surface area contributed by atoms with E-state index in [0.717, 1.165) is 6.42 Å². The second-order valence-electron chi connectivity index (χ2n) is 5.25. The van der Waals surface area contributed by atoms with Crippen LogP contribution in [0.1, 0.15) is 25.8 Å².